The van der Waals surface area contributed by atoms with Crippen LogP contribution in [0.4, 0.5) is 0 Å². The van der Waals surface area contributed by atoms with Gasteiger partial charge in [0, 0.05) is 32.8 Å². The minimum atomic E-state index is 0.866. The fraction of sp³-hybridized carbons (Fsp3) is 0. The molecule has 67 heavy (non-hydrogen) atoms. The van der Waals surface area contributed by atoms with Crippen molar-refractivity contribution in [3.05, 3.63) is 237 Å². The molecule has 310 valence electrons. The van der Waals surface area contributed by atoms with E-state index in [1.807, 2.05) is 6.20 Å². The van der Waals surface area contributed by atoms with Crippen LogP contribution in [0.2, 0.25) is 0 Å². The van der Waals surface area contributed by atoms with Gasteiger partial charge in [-0.1, -0.05) is 200 Å². The minimum absolute atomic E-state index is 0.866. The highest BCUT2D eigenvalue weighted by Gasteiger charge is 2.19. The maximum atomic E-state index is 5.40. The van der Waals surface area contributed by atoms with Crippen molar-refractivity contribution in [3.8, 4) is 50.3 Å². The Kier molecular flexibility index (Phi) is 8.28. The van der Waals surface area contributed by atoms with E-state index in [1.165, 1.54) is 98.6 Å². The molecule has 0 fully saturated rings. The predicted octanol–water partition coefficient (Wildman–Crippen LogP) is 17.2. The Hall–Kier alpha value is -8.92. The molecule has 0 amide bonds. The molecular formula is C64H39N3. The summed E-state index contributed by atoms with van der Waals surface area (Å²) in [6.45, 7) is 0. The molecule has 0 aliphatic rings. The summed E-state index contributed by atoms with van der Waals surface area (Å²) < 4.78 is 2.38. The lowest BCUT2D eigenvalue weighted by atomic mass is 9.86. The molecular weight excluding hydrogens is 811 g/mol. The van der Waals surface area contributed by atoms with Crippen molar-refractivity contribution in [2.45, 2.75) is 0 Å². The first-order valence-electron chi connectivity index (χ1n) is 23.0. The van der Waals surface area contributed by atoms with Crippen LogP contribution in [0.15, 0.2) is 237 Å². The highest BCUT2D eigenvalue weighted by Crippen LogP contribution is 2.45. The molecule has 0 aliphatic heterocycles. The number of fused-ring (bicyclic) bond motifs is 12. The van der Waals surface area contributed by atoms with Gasteiger partial charge < -0.3 is 4.57 Å². The van der Waals surface area contributed by atoms with Crippen LogP contribution in [0.25, 0.3) is 137 Å². The largest absolute Gasteiger partial charge is 0.309 e. The third-order valence-electron chi connectivity index (χ3n) is 14.1. The highest BCUT2D eigenvalue weighted by molar-refractivity contribution is 6.23. The lowest BCUT2D eigenvalue weighted by molar-refractivity contribution is 1.18. The van der Waals surface area contributed by atoms with Crippen LogP contribution in [-0.4, -0.2) is 14.5 Å². The Morgan fingerprint density at radius 1 is 0.269 bits per heavy atom. The number of hydrogen-bond donors (Lipinski definition) is 0. The van der Waals surface area contributed by atoms with Crippen LogP contribution in [0.3, 0.4) is 0 Å². The second kappa shape index (κ2) is 14.8. The van der Waals surface area contributed by atoms with E-state index in [4.69, 9.17) is 9.97 Å². The average molecular weight is 850 g/mol. The Labute approximate surface area is 386 Å². The van der Waals surface area contributed by atoms with E-state index >= 15 is 0 Å². The molecule has 2 heterocycles. The molecule has 14 aromatic rings. The lowest BCUT2D eigenvalue weighted by Gasteiger charge is -2.17. The number of benzene rings is 12. The maximum absolute atomic E-state index is 5.40. The first-order valence-corrected chi connectivity index (χ1v) is 23.0. The van der Waals surface area contributed by atoms with E-state index in [2.05, 4.69) is 235 Å². The van der Waals surface area contributed by atoms with Gasteiger partial charge in [-0.15, -0.1) is 0 Å². The summed E-state index contributed by atoms with van der Waals surface area (Å²) in [5, 5.41) is 14.4. The van der Waals surface area contributed by atoms with Gasteiger partial charge >= 0.3 is 0 Å². The molecule has 0 aliphatic carbocycles. The molecule has 0 radical (unpaired) electrons. The van der Waals surface area contributed by atoms with Gasteiger partial charge in [-0.2, -0.15) is 0 Å². The Morgan fingerprint density at radius 3 is 1.24 bits per heavy atom. The van der Waals surface area contributed by atoms with Crippen molar-refractivity contribution in [1.29, 1.82) is 0 Å². The standard InChI is InChI=1S/C64H39N3/c1-2-16-41(17-3-1)67-61-29-15-14-26-56(61)59-38-40(30-37-62(59)67)42-31-32-51(44-19-5-4-18-43(42)44)52-33-34-53(46-21-7-6-20-45(46)52)54-35-36-55(48-23-9-8-22-47(48)54)60-39-65-63-57-27-12-10-24-49(57)50-25-11-13-28-58(50)64(63)66-60/h1-39H. The summed E-state index contributed by atoms with van der Waals surface area (Å²) in [5.41, 5.74) is 14.6. The molecule has 0 saturated carbocycles. The summed E-state index contributed by atoms with van der Waals surface area (Å²) in [6, 6.07) is 83.8. The van der Waals surface area contributed by atoms with Crippen LogP contribution in [-0.2, 0) is 0 Å². The quantitative estimate of drug-likeness (QED) is 0.162. The van der Waals surface area contributed by atoms with Crippen molar-refractivity contribution >= 4 is 86.7 Å². The highest BCUT2D eigenvalue weighted by atomic mass is 15.0. The Balaban J connectivity index is 0.897. The topological polar surface area (TPSA) is 30.7 Å². The SMILES string of the molecule is c1ccc(-n2c3ccccc3c3cc(-c4ccc(-c5ccc(-c6ccc(-c7cnc8c9ccccc9c9ccccc9c8n7)c7ccccc67)c6ccccc56)c5ccccc45)ccc32)cc1. The van der Waals surface area contributed by atoms with Gasteiger partial charge in [-0.05, 0) is 107 Å². The normalized spacial score (nSPS) is 11.9. The van der Waals surface area contributed by atoms with Crippen molar-refractivity contribution in [1.82, 2.24) is 14.5 Å². The van der Waals surface area contributed by atoms with E-state index in [0.717, 1.165) is 38.4 Å². The van der Waals surface area contributed by atoms with Crippen molar-refractivity contribution in [2.75, 3.05) is 0 Å². The monoisotopic (exact) mass is 849 g/mol. The van der Waals surface area contributed by atoms with Crippen molar-refractivity contribution in [2.24, 2.45) is 0 Å². The smallest absolute Gasteiger partial charge is 0.0979 e. The maximum Gasteiger partial charge on any atom is 0.0979 e. The molecule has 0 spiro atoms. The molecule has 12 aromatic carbocycles. The first kappa shape index (κ1) is 37.5. The zero-order chi connectivity index (χ0) is 44.0. The third-order valence-corrected chi connectivity index (χ3v) is 14.1. The van der Waals surface area contributed by atoms with Crippen LogP contribution >= 0.6 is 0 Å². The molecule has 0 unspecified atom stereocenters. The number of aromatic nitrogens is 3. The molecule has 2 aromatic heterocycles. The predicted molar refractivity (Wildman–Crippen MR) is 283 cm³/mol. The van der Waals surface area contributed by atoms with Crippen LogP contribution in [0, 0.1) is 0 Å². The van der Waals surface area contributed by atoms with E-state index in [-0.39, 0.29) is 0 Å². The molecule has 0 atom stereocenters. The molecule has 0 N–H and O–H groups in total. The molecule has 14 rings (SSSR count). The number of hydrogen-bond acceptors (Lipinski definition) is 2. The Morgan fingerprint density at radius 2 is 0.672 bits per heavy atom. The summed E-state index contributed by atoms with van der Waals surface area (Å²) in [5.74, 6) is 0. The summed E-state index contributed by atoms with van der Waals surface area (Å²) >= 11 is 0. The first-order chi connectivity index (χ1) is 33.3. The van der Waals surface area contributed by atoms with Crippen molar-refractivity contribution < 1.29 is 0 Å². The minimum Gasteiger partial charge on any atom is -0.309 e. The third kappa shape index (κ3) is 5.71. The van der Waals surface area contributed by atoms with E-state index in [0.29, 0.717) is 0 Å². The molecule has 0 bridgehead atoms. The van der Waals surface area contributed by atoms with Crippen LogP contribution < -0.4 is 0 Å². The zero-order valence-corrected chi connectivity index (χ0v) is 36.4. The molecule has 3 heteroatoms. The molecule has 3 nitrogen and oxygen atoms in total. The van der Waals surface area contributed by atoms with Crippen LogP contribution in [0.5, 0.6) is 0 Å². The average Bonchev–Trinajstić information content (AvgIpc) is 3.74. The van der Waals surface area contributed by atoms with Gasteiger partial charge in [-0.25, -0.2) is 4.98 Å². The molecule has 0 saturated heterocycles. The van der Waals surface area contributed by atoms with Gasteiger partial charge in [0.2, 0.25) is 0 Å². The second-order valence-corrected chi connectivity index (χ2v) is 17.6. The number of rotatable bonds is 5. The number of nitrogens with zero attached hydrogens (tertiary/aromatic N) is 3. The van der Waals surface area contributed by atoms with E-state index in [9.17, 15) is 0 Å². The second-order valence-electron chi connectivity index (χ2n) is 17.6. The summed E-state index contributed by atoms with van der Waals surface area (Å²) in [4.78, 5) is 10.5. The van der Waals surface area contributed by atoms with Gasteiger partial charge in [0.1, 0.15) is 0 Å². The van der Waals surface area contributed by atoms with Gasteiger partial charge in [0.25, 0.3) is 0 Å². The Bertz CT molecular complexity index is 4300. The van der Waals surface area contributed by atoms with Gasteiger partial charge in [0.15, 0.2) is 0 Å². The number of para-hydroxylation sites is 2. The van der Waals surface area contributed by atoms with E-state index < -0.39 is 0 Å². The van der Waals surface area contributed by atoms with Crippen molar-refractivity contribution in [3.63, 3.8) is 0 Å². The fourth-order valence-corrected chi connectivity index (χ4v) is 11.1. The fourth-order valence-electron chi connectivity index (χ4n) is 11.1. The van der Waals surface area contributed by atoms with E-state index in [1.54, 1.807) is 0 Å². The zero-order valence-electron chi connectivity index (χ0n) is 36.4. The van der Waals surface area contributed by atoms with Gasteiger partial charge in [0.05, 0.1) is 34.0 Å². The lowest BCUT2D eigenvalue weighted by Crippen LogP contribution is -1.94. The van der Waals surface area contributed by atoms with Crippen LogP contribution in [0.1, 0.15) is 0 Å². The summed E-state index contributed by atoms with van der Waals surface area (Å²) in [6.07, 6.45) is 1.95. The summed E-state index contributed by atoms with van der Waals surface area (Å²) in [7, 11) is 0. The van der Waals surface area contributed by atoms with Gasteiger partial charge in [-0.3, -0.25) is 4.98 Å².